The highest BCUT2D eigenvalue weighted by atomic mass is 16.5. The molecule has 0 aromatic rings. The molecule has 0 unspecified atom stereocenters. The second kappa shape index (κ2) is 3.35. The van der Waals surface area contributed by atoms with Gasteiger partial charge in [0.1, 0.15) is 0 Å². The highest BCUT2D eigenvalue weighted by Gasteiger charge is 2.21. The molecule has 60 valence electrons. The Hall–Kier alpha value is -0.0800. The van der Waals surface area contributed by atoms with Crippen LogP contribution in [0.5, 0.6) is 0 Å². The lowest BCUT2D eigenvalue weighted by molar-refractivity contribution is -0.0471. The van der Waals surface area contributed by atoms with Crippen LogP contribution in [0.1, 0.15) is 20.8 Å². The molecule has 2 heteroatoms. The molecular weight excluding hydrogens is 126 g/mol. The highest BCUT2D eigenvalue weighted by Crippen LogP contribution is 2.09. The van der Waals surface area contributed by atoms with Crippen LogP contribution in [0.25, 0.3) is 0 Å². The van der Waals surface area contributed by atoms with E-state index in [1.807, 2.05) is 0 Å². The lowest BCUT2D eigenvalue weighted by Gasteiger charge is -2.35. The lowest BCUT2D eigenvalue weighted by atomic mass is 10.2. The Labute approximate surface area is 63.2 Å². The molecule has 0 aliphatic carbocycles. The molecule has 1 saturated heterocycles. The number of hydrogen-bond donors (Lipinski definition) is 0. The van der Waals surface area contributed by atoms with Crippen LogP contribution in [0.3, 0.4) is 0 Å². The lowest BCUT2D eigenvalue weighted by Crippen LogP contribution is -2.46. The number of likely N-dealkylation sites (N-methyl/N-ethyl adjacent to an activating group) is 1. The molecule has 0 aromatic carbocycles. The minimum absolute atomic E-state index is 0.427. The van der Waals surface area contributed by atoms with Crippen LogP contribution in [-0.2, 0) is 4.74 Å². The molecular formula is C8H17NO. The predicted molar refractivity (Wildman–Crippen MR) is 42.1 cm³/mol. The van der Waals surface area contributed by atoms with E-state index in [4.69, 9.17) is 4.74 Å². The summed E-state index contributed by atoms with van der Waals surface area (Å²) >= 11 is 0. The van der Waals surface area contributed by atoms with Gasteiger partial charge in [-0.3, -0.25) is 4.90 Å². The first-order valence-corrected chi connectivity index (χ1v) is 4.09. The van der Waals surface area contributed by atoms with Crippen molar-refractivity contribution in [2.24, 2.45) is 0 Å². The van der Waals surface area contributed by atoms with Crippen LogP contribution in [0.4, 0.5) is 0 Å². The van der Waals surface area contributed by atoms with Crippen molar-refractivity contribution >= 4 is 0 Å². The minimum Gasteiger partial charge on any atom is -0.376 e. The second-order valence-corrected chi connectivity index (χ2v) is 3.08. The summed E-state index contributed by atoms with van der Waals surface area (Å²) in [6.45, 7) is 9.69. The molecule has 0 amide bonds. The van der Waals surface area contributed by atoms with Crippen molar-refractivity contribution < 1.29 is 4.74 Å². The molecule has 0 N–H and O–H groups in total. The zero-order valence-corrected chi connectivity index (χ0v) is 7.13. The Bertz CT molecular complexity index is 105. The number of hydrogen-bond acceptors (Lipinski definition) is 2. The van der Waals surface area contributed by atoms with E-state index < -0.39 is 0 Å². The number of morpholine rings is 1. The molecule has 2 atom stereocenters. The summed E-state index contributed by atoms with van der Waals surface area (Å²) in [7, 11) is 0. The summed E-state index contributed by atoms with van der Waals surface area (Å²) in [6, 6.07) is 0.612. The van der Waals surface area contributed by atoms with Gasteiger partial charge in [-0.15, -0.1) is 0 Å². The Morgan fingerprint density at radius 3 is 2.70 bits per heavy atom. The average Bonchev–Trinajstić information content (AvgIpc) is 1.94. The summed E-state index contributed by atoms with van der Waals surface area (Å²) in [6.07, 6.45) is 0.427. The summed E-state index contributed by atoms with van der Waals surface area (Å²) in [5, 5.41) is 0. The first-order valence-electron chi connectivity index (χ1n) is 4.09. The Balaban J connectivity index is 2.38. The monoisotopic (exact) mass is 143 g/mol. The van der Waals surface area contributed by atoms with E-state index >= 15 is 0 Å². The van der Waals surface area contributed by atoms with Crippen molar-refractivity contribution in [1.29, 1.82) is 0 Å². The van der Waals surface area contributed by atoms with Gasteiger partial charge in [0.25, 0.3) is 0 Å². The van der Waals surface area contributed by atoms with Gasteiger partial charge < -0.3 is 4.74 Å². The fraction of sp³-hybridized carbons (Fsp3) is 1.00. The van der Waals surface area contributed by atoms with E-state index in [9.17, 15) is 0 Å². The molecule has 1 aliphatic heterocycles. The number of nitrogens with zero attached hydrogens (tertiary/aromatic N) is 1. The van der Waals surface area contributed by atoms with Gasteiger partial charge in [0, 0.05) is 12.6 Å². The van der Waals surface area contributed by atoms with Crippen LogP contribution < -0.4 is 0 Å². The van der Waals surface area contributed by atoms with E-state index in [0.29, 0.717) is 12.1 Å². The standard InChI is InChI=1S/C8H17NO/c1-4-9-5-8(3)10-6-7(9)2/h7-8H,4-6H2,1-3H3/t7-,8+/m1/s1. The zero-order valence-electron chi connectivity index (χ0n) is 7.13. The summed E-state index contributed by atoms with van der Waals surface area (Å²) < 4.78 is 5.48. The SMILES string of the molecule is CCN1C[C@H](C)OC[C@H]1C. The van der Waals surface area contributed by atoms with Crippen molar-refractivity contribution in [3.8, 4) is 0 Å². The molecule has 0 saturated carbocycles. The fourth-order valence-electron chi connectivity index (χ4n) is 1.41. The molecule has 0 bridgehead atoms. The maximum absolute atomic E-state index is 5.48. The van der Waals surface area contributed by atoms with Crippen LogP contribution in [0.15, 0.2) is 0 Å². The van der Waals surface area contributed by atoms with Crippen molar-refractivity contribution in [1.82, 2.24) is 4.90 Å². The first kappa shape index (κ1) is 8.02. The van der Waals surface area contributed by atoms with Gasteiger partial charge in [-0.05, 0) is 20.4 Å². The molecule has 1 aliphatic rings. The summed E-state index contributed by atoms with van der Waals surface area (Å²) in [5.41, 5.74) is 0. The Morgan fingerprint density at radius 1 is 1.50 bits per heavy atom. The highest BCUT2D eigenvalue weighted by molar-refractivity contribution is 4.73. The van der Waals surface area contributed by atoms with Crippen molar-refractivity contribution in [3.05, 3.63) is 0 Å². The average molecular weight is 143 g/mol. The summed E-state index contributed by atoms with van der Waals surface area (Å²) in [4.78, 5) is 2.45. The normalized spacial score (nSPS) is 36.3. The number of ether oxygens (including phenoxy) is 1. The molecule has 1 fully saturated rings. The third-order valence-electron chi connectivity index (χ3n) is 2.14. The molecule has 0 radical (unpaired) electrons. The van der Waals surface area contributed by atoms with E-state index in [1.165, 1.54) is 0 Å². The van der Waals surface area contributed by atoms with Crippen LogP contribution in [0.2, 0.25) is 0 Å². The van der Waals surface area contributed by atoms with Gasteiger partial charge in [-0.25, -0.2) is 0 Å². The van der Waals surface area contributed by atoms with E-state index in [1.54, 1.807) is 0 Å². The Morgan fingerprint density at radius 2 is 2.20 bits per heavy atom. The quantitative estimate of drug-likeness (QED) is 0.545. The molecule has 0 aromatic heterocycles. The smallest absolute Gasteiger partial charge is 0.0674 e. The van der Waals surface area contributed by atoms with E-state index in [-0.39, 0.29) is 0 Å². The fourth-order valence-corrected chi connectivity index (χ4v) is 1.41. The van der Waals surface area contributed by atoms with Gasteiger partial charge in [0.2, 0.25) is 0 Å². The second-order valence-electron chi connectivity index (χ2n) is 3.08. The third kappa shape index (κ3) is 1.70. The Kier molecular flexibility index (Phi) is 2.69. The van der Waals surface area contributed by atoms with Gasteiger partial charge in [-0.1, -0.05) is 6.92 Å². The molecule has 2 nitrogen and oxygen atoms in total. The van der Waals surface area contributed by atoms with Crippen LogP contribution >= 0.6 is 0 Å². The maximum atomic E-state index is 5.48. The zero-order chi connectivity index (χ0) is 7.56. The van der Waals surface area contributed by atoms with Crippen LogP contribution in [-0.4, -0.2) is 36.7 Å². The summed E-state index contributed by atoms with van der Waals surface area (Å²) in [5.74, 6) is 0. The van der Waals surface area contributed by atoms with Crippen molar-refractivity contribution in [2.45, 2.75) is 32.9 Å². The van der Waals surface area contributed by atoms with E-state index in [2.05, 4.69) is 25.7 Å². The molecule has 1 heterocycles. The predicted octanol–water partition coefficient (Wildman–Crippen LogP) is 1.12. The van der Waals surface area contributed by atoms with Gasteiger partial charge in [0.15, 0.2) is 0 Å². The topological polar surface area (TPSA) is 12.5 Å². The largest absolute Gasteiger partial charge is 0.376 e. The third-order valence-corrected chi connectivity index (χ3v) is 2.14. The number of rotatable bonds is 1. The van der Waals surface area contributed by atoms with E-state index in [0.717, 1.165) is 19.7 Å². The molecule has 0 spiro atoms. The van der Waals surface area contributed by atoms with Crippen molar-refractivity contribution in [3.63, 3.8) is 0 Å². The van der Waals surface area contributed by atoms with Gasteiger partial charge in [-0.2, -0.15) is 0 Å². The minimum atomic E-state index is 0.427. The molecule has 1 rings (SSSR count). The maximum Gasteiger partial charge on any atom is 0.0674 e. The van der Waals surface area contributed by atoms with Crippen molar-refractivity contribution in [2.75, 3.05) is 19.7 Å². The first-order chi connectivity index (χ1) is 4.74. The van der Waals surface area contributed by atoms with Crippen LogP contribution in [0, 0.1) is 0 Å². The molecule has 10 heavy (non-hydrogen) atoms. The van der Waals surface area contributed by atoms with Gasteiger partial charge >= 0.3 is 0 Å². The van der Waals surface area contributed by atoms with Gasteiger partial charge in [0.05, 0.1) is 12.7 Å².